The molecule has 0 radical (unpaired) electrons. The summed E-state index contributed by atoms with van der Waals surface area (Å²) in [5.41, 5.74) is 6.49. The molecule has 7 heteroatoms. The minimum atomic E-state index is -0.404. The minimum absolute atomic E-state index is 0.0734. The third-order valence-electron chi connectivity index (χ3n) is 3.30. The summed E-state index contributed by atoms with van der Waals surface area (Å²) >= 11 is 0. The van der Waals surface area contributed by atoms with Crippen LogP contribution in [0.15, 0.2) is 18.2 Å². The van der Waals surface area contributed by atoms with Crippen molar-refractivity contribution in [3.05, 3.63) is 24.0 Å². The Kier molecular flexibility index (Phi) is 4.85. The van der Waals surface area contributed by atoms with Crippen LogP contribution in [0, 0.1) is 11.7 Å². The van der Waals surface area contributed by atoms with Gasteiger partial charge in [0.1, 0.15) is 5.82 Å². The first-order chi connectivity index (χ1) is 10.0. The number of aromatic nitrogens is 4. The molecule has 0 fully saturated rings. The highest BCUT2D eigenvalue weighted by molar-refractivity contribution is 5.61. The average molecular weight is 293 g/mol. The third-order valence-corrected chi connectivity index (χ3v) is 3.30. The smallest absolute Gasteiger partial charge is 0.185 e. The Hall–Kier alpha value is -2.02. The van der Waals surface area contributed by atoms with Crippen molar-refractivity contribution in [2.45, 2.75) is 26.8 Å². The minimum Gasteiger partial charge on any atom is -0.399 e. The summed E-state index contributed by atoms with van der Waals surface area (Å²) in [7, 11) is 0. The maximum absolute atomic E-state index is 14.0. The first kappa shape index (κ1) is 15.4. The Morgan fingerprint density at radius 3 is 2.81 bits per heavy atom. The molecule has 0 aliphatic carbocycles. The van der Waals surface area contributed by atoms with Crippen LogP contribution in [0.2, 0.25) is 0 Å². The van der Waals surface area contributed by atoms with Crippen LogP contribution in [0.3, 0.4) is 0 Å². The van der Waals surface area contributed by atoms with Gasteiger partial charge >= 0.3 is 0 Å². The highest BCUT2D eigenvalue weighted by atomic mass is 19.1. The standard InChI is InChI=1S/C14H20FN5O/c1-4-21-8-13(9(2)3)20-14(17-18-19-20)11-7-10(16)5-6-12(11)15/h5-7,9,13H,4,8,16H2,1-3H3. The van der Waals surface area contributed by atoms with E-state index in [1.165, 1.54) is 18.2 Å². The number of nitrogens with zero attached hydrogens (tertiary/aromatic N) is 4. The number of hydrogen-bond donors (Lipinski definition) is 1. The number of anilines is 1. The molecule has 21 heavy (non-hydrogen) atoms. The Morgan fingerprint density at radius 1 is 1.38 bits per heavy atom. The number of nitrogens with two attached hydrogens (primary N) is 1. The second-order valence-corrected chi connectivity index (χ2v) is 5.16. The van der Waals surface area contributed by atoms with Gasteiger partial charge in [-0.05, 0) is 41.5 Å². The van der Waals surface area contributed by atoms with Crippen molar-refractivity contribution < 1.29 is 9.13 Å². The van der Waals surface area contributed by atoms with Crippen LogP contribution in [0.1, 0.15) is 26.8 Å². The molecule has 1 unspecified atom stereocenters. The van der Waals surface area contributed by atoms with Crippen LogP contribution in [-0.4, -0.2) is 33.4 Å². The van der Waals surface area contributed by atoms with E-state index in [0.717, 1.165) is 0 Å². The van der Waals surface area contributed by atoms with E-state index in [0.29, 0.717) is 30.3 Å². The van der Waals surface area contributed by atoms with Gasteiger partial charge in [0.2, 0.25) is 0 Å². The Morgan fingerprint density at radius 2 is 2.14 bits per heavy atom. The van der Waals surface area contributed by atoms with Gasteiger partial charge in [0.25, 0.3) is 0 Å². The van der Waals surface area contributed by atoms with E-state index in [1.807, 2.05) is 20.8 Å². The number of benzene rings is 1. The van der Waals surface area contributed by atoms with Crippen molar-refractivity contribution in [3.63, 3.8) is 0 Å². The third kappa shape index (κ3) is 3.36. The van der Waals surface area contributed by atoms with E-state index in [1.54, 1.807) is 4.68 Å². The Labute approximate surface area is 123 Å². The lowest BCUT2D eigenvalue weighted by Gasteiger charge is -2.21. The largest absolute Gasteiger partial charge is 0.399 e. The molecule has 0 spiro atoms. The van der Waals surface area contributed by atoms with Crippen LogP contribution in [-0.2, 0) is 4.74 Å². The van der Waals surface area contributed by atoms with Gasteiger partial charge in [-0.15, -0.1) is 5.10 Å². The molecule has 1 atom stereocenters. The lowest BCUT2D eigenvalue weighted by molar-refractivity contribution is 0.0913. The average Bonchev–Trinajstić information content (AvgIpc) is 2.90. The lowest BCUT2D eigenvalue weighted by atomic mass is 10.0. The summed E-state index contributed by atoms with van der Waals surface area (Å²) < 4.78 is 21.1. The highest BCUT2D eigenvalue weighted by Crippen LogP contribution is 2.27. The normalized spacial score (nSPS) is 12.8. The lowest BCUT2D eigenvalue weighted by Crippen LogP contribution is -2.23. The summed E-state index contributed by atoms with van der Waals surface area (Å²) in [6.07, 6.45) is 0. The van der Waals surface area contributed by atoms with Crippen molar-refractivity contribution in [2.24, 2.45) is 5.92 Å². The predicted molar refractivity (Wildman–Crippen MR) is 78.0 cm³/mol. The molecule has 0 bridgehead atoms. The van der Waals surface area contributed by atoms with Gasteiger partial charge in [0.15, 0.2) is 5.82 Å². The van der Waals surface area contributed by atoms with Crippen molar-refractivity contribution in [2.75, 3.05) is 18.9 Å². The van der Waals surface area contributed by atoms with Gasteiger partial charge in [-0.25, -0.2) is 9.07 Å². The maximum Gasteiger partial charge on any atom is 0.185 e. The molecule has 6 nitrogen and oxygen atoms in total. The summed E-state index contributed by atoms with van der Waals surface area (Å²) in [5, 5.41) is 11.6. The fourth-order valence-electron chi connectivity index (χ4n) is 2.09. The maximum atomic E-state index is 14.0. The number of tetrazole rings is 1. The first-order valence-electron chi connectivity index (χ1n) is 6.95. The molecule has 0 amide bonds. The number of hydrogen-bond acceptors (Lipinski definition) is 5. The van der Waals surface area contributed by atoms with Crippen molar-refractivity contribution in [3.8, 4) is 11.4 Å². The summed E-state index contributed by atoms with van der Waals surface area (Å²) in [6, 6.07) is 4.29. The van der Waals surface area contributed by atoms with Crippen LogP contribution in [0.4, 0.5) is 10.1 Å². The van der Waals surface area contributed by atoms with E-state index in [9.17, 15) is 4.39 Å². The summed E-state index contributed by atoms with van der Waals surface area (Å²) in [5.74, 6) is 0.195. The van der Waals surface area contributed by atoms with Crippen LogP contribution >= 0.6 is 0 Å². The molecule has 0 saturated carbocycles. The summed E-state index contributed by atoms with van der Waals surface area (Å²) in [6.45, 7) is 7.09. The van der Waals surface area contributed by atoms with Crippen LogP contribution in [0.25, 0.3) is 11.4 Å². The highest BCUT2D eigenvalue weighted by Gasteiger charge is 2.23. The molecule has 114 valence electrons. The second kappa shape index (κ2) is 6.62. The van der Waals surface area contributed by atoms with Gasteiger partial charge in [-0.2, -0.15) is 0 Å². The van der Waals surface area contributed by atoms with Crippen molar-refractivity contribution in [1.82, 2.24) is 20.2 Å². The van der Waals surface area contributed by atoms with Crippen molar-refractivity contribution in [1.29, 1.82) is 0 Å². The SMILES string of the molecule is CCOCC(C(C)C)n1nnnc1-c1cc(N)ccc1F. The number of nitrogen functional groups attached to an aromatic ring is 1. The monoisotopic (exact) mass is 293 g/mol. The number of halogens is 1. The van der Waals surface area contributed by atoms with Crippen LogP contribution in [0.5, 0.6) is 0 Å². The molecule has 0 aliphatic rings. The molecule has 1 aromatic carbocycles. The quantitative estimate of drug-likeness (QED) is 0.827. The zero-order valence-corrected chi connectivity index (χ0v) is 12.5. The van der Waals surface area contributed by atoms with E-state index < -0.39 is 5.82 Å². The molecular formula is C14H20FN5O. The molecule has 1 aromatic heterocycles. The van der Waals surface area contributed by atoms with Gasteiger partial charge in [0.05, 0.1) is 18.2 Å². The molecule has 2 aromatic rings. The first-order valence-corrected chi connectivity index (χ1v) is 6.95. The van der Waals surface area contributed by atoms with E-state index in [2.05, 4.69) is 15.5 Å². The van der Waals surface area contributed by atoms with E-state index >= 15 is 0 Å². The fourth-order valence-corrected chi connectivity index (χ4v) is 2.09. The molecule has 0 aliphatic heterocycles. The van der Waals surface area contributed by atoms with Gasteiger partial charge in [-0.3, -0.25) is 0 Å². The van der Waals surface area contributed by atoms with Gasteiger partial charge < -0.3 is 10.5 Å². The summed E-state index contributed by atoms with van der Waals surface area (Å²) in [4.78, 5) is 0. The predicted octanol–water partition coefficient (Wildman–Crippen LogP) is 2.29. The van der Waals surface area contributed by atoms with Crippen LogP contribution < -0.4 is 5.73 Å². The van der Waals surface area contributed by atoms with E-state index in [-0.39, 0.29) is 12.0 Å². The molecule has 2 N–H and O–H groups in total. The number of ether oxygens (including phenoxy) is 1. The molecular weight excluding hydrogens is 273 g/mol. The molecule has 1 heterocycles. The topological polar surface area (TPSA) is 78.8 Å². The van der Waals surface area contributed by atoms with Gasteiger partial charge in [0, 0.05) is 12.3 Å². The number of rotatable bonds is 6. The fraction of sp³-hybridized carbons (Fsp3) is 0.500. The molecule has 0 saturated heterocycles. The molecule has 2 rings (SSSR count). The zero-order chi connectivity index (χ0) is 15.4. The van der Waals surface area contributed by atoms with Gasteiger partial charge in [-0.1, -0.05) is 13.8 Å². The van der Waals surface area contributed by atoms with E-state index in [4.69, 9.17) is 10.5 Å². The second-order valence-electron chi connectivity index (χ2n) is 5.16. The van der Waals surface area contributed by atoms with Crippen molar-refractivity contribution >= 4 is 5.69 Å². The zero-order valence-electron chi connectivity index (χ0n) is 12.5. The Bertz CT molecular complexity index is 599. The Balaban J connectivity index is 2.43.